The van der Waals surface area contributed by atoms with Gasteiger partial charge in [0.25, 0.3) is 10.1 Å². The number of rotatable bonds is 6. The summed E-state index contributed by atoms with van der Waals surface area (Å²) < 4.78 is 34.4. The van der Waals surface area contributed by atoms with E-state index in [1.165, 1.54) is 0 Å². The van der Waals surface area contributed by atoms with Crippen molar-refractivity contribution >= 4 is 20.9 Å². The largest absolute Gasteiger partial charge is 0.295 e. The van der Waals surface area contributed by atoms with Gasteiger partial charge in [-0.2, -0.15) is 8.42 Å². The van der Waals surface area contributed by atoms with Gasteiger partial charge in [0.05, 0.1) is 0 Å². The molecule has 0 spiro atoms. The van der Waals surface area contributed by atoms with Crippen molar-refractivity contribution in [3.8, 4) is 0 Å². The lowest BCUT2D eigenvalue weighted by Crippen LogP contribution is -2.09. The zero-order chi connectivity index (χ0) is 17.9. The van der Waals surface area contributed by atoms with Crippen LogP contribution >= 0.6 is 0 Å². The molecule has 3 aromatic carbocycles. The lowest BCUT2D eigenvalue weighted by atomic mass is 9.93. The number of fused-ring (bicyclic) bond motifs is 1. The van der Waals surface area contributed by atoms with Crippen LogP contribution in [0, 0.1) is 0 Å². The molecule has 0 bridgehead atoms. The van der Waals surface area contributed by atoms with Crippen LogP contribution in [0.2, 0.25) is 0 Å². The van der Waals surface area contributed by atoms with Gasteiger partial charge >= 0.3 is 0 Å². The van der Waals surface area contributed by atoms with Crippen molar-refractivity contribution in [2.24, 2.45) is 0 Å². The lowest BCUT2D eigenvalue weighted by molar-refractivity contribution is 0.483. The molecule has 3 aromatic rings. The van der Waals surface area contributed by atoms with Crippen molar-refractivity contribution in [2.45, 2.75) is 37.5 Å². The zero-order valence-electron chi connectivity index (χ0n) is 14.3. The molecule has 0 aliphatic carbocycles. The second kappa shape index (κ2) is 7.38. The van der Waals surface area contributed by atoms with E-state index in [2.05, 4.69) is 13.0 Å². The van der Waals surface area contributed by atoms with Crippen molar-refractivity contribution < 1.29 is 13.0 Å². The summed E-state index contributed by atoms with van der Waals surface area (Å²) in [4.78, 5) is 0.0561. The summed E-state index contributed by atoms with van der Waals surface area (Å²) in [6.45, 7) is 2.11. The fraction of sp³-hybridized carbons (Fsp3) is 0.238. The molecule has 0 unspecified atom stereocenters. The molecular formula is C21H22O3S. The second-order valence-corrected chi connectivity index (χ2v) is 7.66. The minimum atomic E-state index is -4.33. The molecule has 0 aliphatic rings. The predicted octanol–water partition coefficient (Wildman–Crippen LogP) is 5.02. The van der Waals surface area contributed by atoms with Crippen LogP contribution in [0.15, 0.2) is 65.6 Å². The first-order valence-corrected chi connectivity index (χ1v) is 9.99. The van der Waals surface area contributed by atoms with Crippen molar-refractivity contribution in [2.75, 3.05) is 0 Å². The number of hydrogen-bond acceptors (Lipinski definition) is 2. The van der Waals surface area contributed by atoms with Gasteiger partial charge in [0.1, 0.15) is 4.90 Å². The maximum absolute atomic E-state index is 12.2. The van der Waals surface area contributed by atoms with Crippen LogP contribution in [0.3, 0.4) is 0 Å². The zero-order valence-corrected chi connectivity index (χ0v) is 15.1. The Morgan fingerprint density at radius 3 is 2.32 bits per heavy atom. The second-order valence-electron chi connectivity index (χ2n) is 6.31. The van der Waals surface area contributed by atoms with E-state index >= 15 is 0 Å². The van der Waals surface area contributed by atoms with Gasteiger partial charge in [-0.1, -0.05) is 74.0 Å². The topological polar surface area (TPSA) is 54.4 Å². The Balaban J connectivity index is 2.29. The molecule has 0 amide bonds. The van der Waals surface area contributed by atoms with Crippen molar-refractivity contribution in [3.63, 3.8) is 0 Å². The van der Waals surface area contributed by atoms with Gasteiger partial charge in [0.2, 0.25) is 0 Å². The molecule has 0 atom stereocenters. The molecule has 3 rings (SSSR count). The minimum Gasteiger partial charge on any atom is -0.282 e. The quantitative estimate of drug-likeness (QED) is 0.632. The molecule has 0 aromatic heterocycles. The Morgan fingerprint density at radius 1 is 0.960 bits per heavy atom. The molecule has 0 fully saturated rings. The minimum absolute atomic E-state index is 0.0561. The summed E-state index contributed by atoms with van der Waals surface area (Å²) in [6.07, 6.45) is 3.29. The Kier molecular flexibility index (Phi) is 5.21. The Hall–Kier alpha value is -2.17. The fourth-order valence-corrected chi connectivity index (χ4v) is 4.27. The van der Waals surface area contributed by atoms with Gasteiger partial charge in [-0.15, -0.1) is 0 Å². The smallest absolute Gasteiger partial charge is 0.282 e. The third kappa shape index (κ3) is 3.91. The highest BCUT2D eigenvalue weighted by atomic mass is 32.2. The summed E-state index contributed by atoms with van der Waals surface area (Å²) in [6, 6.07) is 19.2. The molecule has 130 valence electrons. The lowest BCUT2D eigenvalue weighted by Gasteiger charge is -2.17. The molecule has 4 heteroatoms. The van der Waals surface area contributed by atoms with Crippen LogP contribution in [0.1, 0.15) is 36.5 Å². The van der Waals surface area contributed by atoms with E-state index in [1.54, 1.807) is 12.1 Å². The summed E-state index contributed by atoms with van der Waals surface area (Å²) in [5.41, 5.74) is 2.73. The van der Waals surface area contributed by atoms with Crippen LogP contribution < -0.4 is 0 Å². The maximum atomic E-state index is 12.2. The fourth-order valence-electron chi connectivity index (χ4n) is 3.29. The summed E-state index contributed by atoms with van der Waals surface area (Å²) >= 11 is 0. The normalized spacial score (nSPS) is 11.8. The predicted molar refractivity (Wildman–Crippen MR) is 102 cm³/mol. The van der Waals surface area contributed by atoms with Crippen LogP contribution in [0.4, 0.5) is 0 Å². The van der Waals surface area contributed by atoms with Crippen LogP contribution in [-0.4, -0.2) is 13.0 Å². The highest BCUT2D eigenvalue weighted by molar-refractivity contribution is 7.86. The average Bonchev–Trinajstić information content (AvgIpc) is 2.59. The van der Waals surface area contributed by atoms with E-state index in [9.17, 15) is 13.0 Å². The Bertz CT molecular complexity index is 977. The third-order valence-corrected chi connectivity index (χ3v) is 5.46. The van der Waals surface area contributed by atoms with E-state index in [4.69, 9.17) is 0 Å². The number of benzene rings is 3. The van der Waals surface area contributed by atoms with E-state index in [0.29, 0.717) is 17.4 Å². The van der Waals surface area contributed by atoms with Crippen molar-refractivity contribution in [3.05, 3.63) is 77.4 Å². The molecular weight excluding hydrogens is 332 g/mol. The number of hydrogen-bond donors (Lipinski definition) is 1. The van der Waals surface area contributed by atoms with E-state index in [-0.39, 0.29) is 4.90 Å². The first-order chi connectivity index (χ1) is 12.0. The highest BCUT2D eigenvalue weighted by Crippen LogP contribution is 2.32. The van der Waals surface area contributed by atoms with E-state index in [0.717, 1.165) is 35.8 Å². The van der Waals surface area contributed by atoms with Crippen molar-refractivity contribution in [1.82, 2.24) is 0 Å². The third-order valence-electron chi connectivity index (χ3n) is 4.48. The first-order valence-electron chi connectivity index (χ1n) is 8.55. The summed E-state index contributed by atoms with van der Waals surface area (Å²) in [5.74, 6) is 0. The van der Waals surface area contributed by atoms with E-state index < -0.39 is 10.1 Å². The average molecular weight is 354 g/mol. The standard InChI is InChI=1S/C21H22O3S/c1-2-3-11-18-15-17-12-7-8-13-19(17)21(25(22,23)24)20(18)14-16-9-5-4-6-10-16/h4-10,12-13,15H,2-3,11,14H2,1H3,(H,22,23,24). The highest BCUT2D eigenvalue weighted by Gasteiger charge is 2.22. The first kappa shape index (κ1) is 17.6. The Morgan fingerprint density at radius 2 is 1.64 bits per heavy atom. The molecule has 0 saturated heterocycles. The van der Waals surface area contributed by atoms with Gasteiger partial charge in [-0.05, 0) is 41.3 Å². The summed E-state index contributed by atoms with van der Waals surface area (Å²) in [5, 5.41) is 1.43. The molecule has 0 saturated carbocycles. The van der Waals surface area contributed by atoms with Crippen LogP contribution in [0.25, 0.3) is 10.8 Å². The number of aryl methyl sites for hydroxylation is 1. The van der Waals surface area contributed by atoms with Crippen molar-refractivity contribution in [1.29, 1.82) is 0 Å². The maximum Gasteiger partial charge on any atom is 0.295 e. The van der Waals surface area contributed by atoms with Gasteiger partial charge in [-0.25, -0.2) is 0 Å². The number of unbranched alkanes of at least 4 members (excludes halogenated alkanes) is 1. The van der Waals surface area contributed by atoms with Gasteiger partial charge < -0.3 is 0 Å². The SMILES string of the molecule is CCCCc1cc2ccccc2c(S(=O)(=O)O)c1Cc1ccccc1. The molecule has 25 heavy (non-hydrogen) atoms. The molecule has 3 nitrogen and oxygen atoms in total. The van der Waals surface area contributed by atoms with Gasteiger partial charge in [-0.3, -0.25) is 4.55 Å². The molecule has 0 heterocycles. The Labute approximate surface area is 149 Å². The van der Waals surface area contributed by atoms with Crippen LogP contribution in [-0.2, 0) is 23.0 Å². The molecule has 0 aliphatic heterocycles. The molecule has 1 N–H and O–H groups in total. The van der Waals surface area contributed by atoms with Gasteiger partial charge in [0.15, 0.2) is 0 Å². The summed E-state index contributed by atoms with van der Waals surface area (Å²) in [7, 11) is -4.33. The molecule has 0 radical (unpaired) electrons. The van der Waals surface area contributed by atoms with Gasteiger partial charge in [0, 0.05) is 5.39 Å². The van der Waals surface area contributed by atoms with E-state index in [1.807, 2.05) is 42.5 Å². The monoisotopic (exact) mass is 354 g/mol. The van der Waals surface area contributed by atoms with Crippen LogP contribution in [0.5, 0.6) is 0 Å².